The molecule has 1 fully saturated rings. The Kier molecular flexibility index (Phi) is 6.17. The summed E-state index contributed by atoms with van der Waals surface area (Å²) in [6.45, 7) is 3.08. The second-order valence-electron chi connectivity index (χ2n) is 4.25. The van der Waals surface area contributed by atoms with Gasteiger partial charge in [0.05, 0.1) is 6.61 Å². The lowest BCUT2D eigenvalue weighted by Gasteiger charge is -2.29. The molecule has 0 aliphatic carbocycles. The highest BCUT2D eigenvalue weighted by Crippen LogP contribution is 2.16. The van der Waals surface area contributed by atoms with Crippen molar-refractivity contribution in [2.45, 2.75) is 38.6 Å². The Hall–Kier alpha value is -0.530. The first-order valence-electron chi connectivity index (χ1n) is 6.06. The summed E-state index contributed by atoms with van der Waals surface area (Å²) in [5.74, 6) is 0. The largest absolute Gasteiger partial charge is 0.450 e. The molecule has 18 heavy (non-hydrogen) atoms. The second kappa shape index (κ2) is 7.16. The van der Waals surface area contributed by atoms with Crippen LogP contribution in [0, 0.1) is 0 Å². The fourth-order valence-corrected chi connectivity index (χ4v) is 2.80. The van der Waals surface area contributed by atoms with Gasteiger partial charge in [-0.05, 0) is 19.3 Å². The molecule has 0 aromatic heterocycles. The van der Waals surface area contributed by atoms with Crippen LogP contribution in [0.2, 0.25) is 0 Å². The molecule has 0 unspecified atom stereocenters. The van der Waals surface area contributed by atoms with Crippen LogP contribution in [0.1, 0.15) is 32.6 Å². The van der Waals surface area contributed by atoms with Crippen molar-refractivity contribution in [3.05, 3.63) is 0 Å². The molecule has 1 aliphatic heterocycles. The molecule has 0 spiro atoms. The van der Waals surface area contributed by atoms with E-state index in [4.69, 9.17) is 15.4 Å². The van der Waals surface area contributed by atoms with Gasteiger partial charge >= 0.3 is 6.09 Å². The van der Waals surface area contributed by atoms with Gasteiger partial charge in [-0.25, -0.2) is 4.79 Å². The third-order valence-corrected chi connectivity index (χ3v) is 4.38. The maximum absolute atomic E-state index is 11.4. The predicted molar refractivity (Wildman–Crippen MR) is 68.8 cm³/mol. The van der Waals surface area contributed by atoms with E-state index in [1.165, 1.54) is 4.31 Å². The number of unbranched alkanes of at least 4 members (excludes halogenated alkanes) is 1. The molecule has 0 atom stereocenters. The number of alkyl carbamates (subject to hydrolysis) is 1. The summed E-state index contributed by atoms with van der Waals surface area (Å²) in [7, 11) is 1.60. The molecule has 0 aromatic rings. The Balaban J connectivity index is 2.25. The van der Waals surface area contributed by atoms with E-state index in [0.29, 0.717) is 32.5 Å². The number of ether oxygens (including phenoxy) is 1. The third kappa shape index (κ3) is 5.41. The van der Waals surface area contributed by atoms with E-state index < -0.39 is 15.3 Å². The van der Waals surface area contributed by atoms with Crippen molar-refractivity contribution in [3.63, 3.8) is 0 Å². The first-order chi connectivity index (χ1) is 8.43. The van der Waals surface area contributed by atoms with Crippen LogP contribution in [0.4, 0.5) is 4.79 Å². The lowest BCUT2D eigenvalue weighted by molar-refractivity contribution is 0.136. The lowest BCUT2D eigenvalue weighted by atomic mass is 10.1. The standard InChI is InChI=1S/C10H19ClN2O4S/c1-2-3-8-17-10(14)12-9-4-6-13(7-5-9)18(11,15)16/h9H,2-8H2,1H3,(H,12,14). The minimum absolute atomic E-state index is 0.0474. The Morgan fingerprint density at radius 1 is 1.44 bits per heavy atom. The van der Waals surface area contributed by atoms with E-state index in [2.05, 4.69) is 5.32 Å². The number of hydrogen-bond donors (Lipinski definition) is 1. The Morgan fingerprint density at radius 3 is 2.56 bits per heavy atom. The Morgan fingerprint density at radius 2 is 2.06 bits per heavy atom. The third-order valence-electron chi connectivity index (χ3n) is 2.82. The molecule has 1 amide bonds. The van der Waals surface area contributed by atoms with Gasteiger partial charge in [-0.1, -0.05) is 13.3 Å². The van der Waals surface area contributed by atoms with Crippen molar-refractivity contribution in [1.82, 2.24) is 9.62 Å². The first-order valence-corrected chi connectivity index (χ1v) is 8.33. The zero-order valence-corrected chi connectivity index (χ0v) is 12.0. The summed E-state index contributed by atoms with van der Waals surface area (Å²) in [6, 6.07) is -0.0474. The normalized spacial score (nSPS) is 18.6. The number of halogens is 1. The van der Waals surface area contributed by atoms with Crippen LogP contribution in [0.15, 0.2) is 0 Å². The molecule has 0 bridgehead atoms. The maximum atomic E-state index is 11.4. The molecule has 1 saturated heterocycles. The molecule has 1 aliphatic rings. The molecule has 8 heteroatoms. The summed E-state index contributed by atoms with van der Waals surface area (Å²) >= 11 is 0. The van der Waals surface area contributed by atoms with Gasteiger partial charge in [-0.2, -0.15) is 12.7 Å². The molecular formula is C10H19ClN2O4S. The van der Waals surface area contributed by atoms with E-state index in [1.54, 1.807) is 0 Å². The number of hydrogen-bond acceptors (Lipinski definition) is 4. The minimum Gasteiger partial charge on any atom is -0.450 e. The Bertz CT molecular complexity index is 366. The summed E-state index contributed by atoms with van der Waals surface area (Å²) in [5.41, 5.74) is 0. The first kappa shape index (κ1) is 15.5. The van der Waals surface area contributed by atoms with E-state index in [1.807, 2.05) is 6.92 Å². The van der Waals surface area contributed by atoms with Crippen LogP contribution in [0.5, 0.6) is 0 Å². The number of nitrogens with one attached hydrogen (secondary N) is 1. The summed E-state index contributed by atoms with van der Waals surface area (Å²) in [6.07, 6.45) is 2.48. The number of carbonyl (C=O) groups excluding carboxylic acids is 1. The van der Waals surface area contributed by atoms with E-state index in [-0.39, 0.29) is 6.04 Å². The van der Waals surface area contributed by atoms with Gasteiger partial charge in [0.2, 0.25) is 0 Å². The van der Waals surface area contributed by atoms with Gasteiger partial charge in [0.1, 0.15) is 0 Å². The van der Waals surface area contributed by atoms with Crippen molar-refractivity contribution in [3.8, 4) is 0 Å². The highest BCUT2D eigenvalue weighted by Gasteiger charge is 2.27. The van der Waals surface area contributed by atoms with Crippen molar-refractivity contribution >= 4 is 26.0 Å². The number of nitrogens with zero attached hydrogens (tertiary/aromatic N) is 1. The van der Waals surface area contributed by atoms with Gasteiger partial charge in [0.15, 0.2) is 0 Å². The quantitative estimate of drug-likeness (QED) is 0.616. The molecule has 1 heterocycles. The van der Waals surface area contributed by atoms with Crippen molar-refractivity contribution < 1.29 is 17.9 Å². The molecule has 0 saturated carbocycles. The molecule has 0 aromatic carbocycles. The van der Waals surface area contributed by atoms with E-state index in [0.717, 1.165) is 12.8 Å². The molecular weight excluding hydrogens is 280 g/mol. The zero-order valence-electron chi connectivity index (χ0n) is 10.4. The van der Waals surface area contributed by atoms with Crippen LogP contribution in [-0.2, 0) is 14.0 Å². The second-order valence-corrected chi connectivity index (χ2v) is 6.76. The van der Waals surface area contributed by atoms with Crippen LogP contribution in [0.25, 0.3) is 0 Å². The maximum Gasteiger partial charge on any atom is 0.407 e. The number of piperidine rings is 1. The highest BCUT2D eigenvalue weighted by molar-refractivity contribution is 8.11. The predicted octanol–water partition coefficient (Wildman–Crippen LogP) is 1.46. The van der Waals surface area contributed by atoms with Gasteiger partial charge < -0.3 is 10.1 Å². The lowest BCUT2D eigenvalue weighted by Crippen LogP contribution is -2.45. The Labute approximate surface area is 112 Å². The van der Waals surface area contributed by atoms with Crippen LogP contribution in [0.3, 0.4) is 0 Å². The topological polar surface area (TPSA) is 75.7 Å². The fraction of sp³-hybridized carbons (Fsp3) is 0.900. The van der Waals surface area contributed by atoms with Crippen molar-refractivity contribution in [2.75, 3.05) is 19.7 Å². The monoisotopic (exact) mass is 298 g/mol. The molecule has 6 nitrogen and oxygen atoms in total. The van der Waals surface area contributed by atoms with Gasteiger partial charge in [-0.3, -0.25) is 0 Å². The molecule has 0 radical (unpaired) electrons. The average Bonchev–Trinajstić information content (AvgIpc) is 2.29. The van der Waals surface area contributed by atoms with Crippen LogP contribution >= 0.6 is 10.7 Å². The van der Waals surface area contributed by atoms with Crippen molar-refractivity contribution in [1.29, 1.82) is 0 Å². The van der Waals surface area contributed by atoms with Gasteiger partial charge in [-0.15, -0.1) is 0 Å². The van der Waals surface area contributed by atoms with Gasteiger partial charge in [0, 0.05) is 29.8 Å². The van der Waals surface area contributed by atoms with E-state index >= 15 is 0 Å². The number of rotatable bonds is 5. The van der Waals surface area contributed by atoms with E-state index in [9.17, 15) is 13.2 Å². The summed E-state index contributed by atoms with van der Waals surface area (Å²) < 4.78 is 28.3. The van der Waals surface area contributed by atoms with Crippen LogP contribution in [-0.4, -0.2) is 44.6 Å². The minimum atomic E-state index is -3.63. The fourth-order valence-electron chi connectivity index (χ4n) is 1.74. The molecule has 1 rings (SSSR count). The number of amides is 1. The zero-order chi connectivity index (χ0) is 13.6. The van der Waals surface area contributed by atoms with Crippen LogP contribution < -0.4 is 5.32 Å². The highest BCUT2D eigenvalue weighted by atomic mass is 35.7. The molecule has 106 valence electrons. The van der Waals surface area contributed by atoms with Gasteiger partial charge in [0.25, 0.3) is 9.24 Å². The van der Waals surface area contributed by atoms with Crippen molar-refractivity contribution in [2.24, 2.45) is 0 Å². The summed E-state index contributed by atoms with van der Waals surface area (Å²) in [4.78, 5) is 11.4. The SMILES string of the molecule is CCCCOC(=O)NC1CCN(S(=O)(=O)Cl)CC1. The smallest absolute Gasteiger partial charge is 0.407 e. The summed E-state index contributed by atoms with van der Waals surface area (Å²) in [5, 5.41) is 2.72. The molecule has 1 N–H and O–H groups in total. The number of carbonyl (C=O) groups is 1. The average molecular weight is 299 g/mol.